The maximum Gasteiger partial charge on any atom is 0.322 e. The quantitative estimate of drug-likeness (QED) is 0.804. The Bertz CT molecular complexity index is 755. The minimum Gasteiger partial charge on any atom is -0.354 e. The summed E-state index contributed by atoms with van der Waals surface area (Å²) in [6.45, 7) is 3.24. The monoisotopic (exact) mass is 396 g/mol. The van der Waals surface area contributed by atoms with E-state index in [4.69, 9.17) is 0 Å². The van der Waals surface area contributed by atoms with Gasteiger partial charge in [0, 0.05) is 50.4 Å². The highest BCUT2D eigenvalue weighted by atomic mass is 16.2. The number of carbonyl (C=O) groups is 2. The molecule has 4 bridgehead atoms. The van der Waals surface area contributed by atoms with Crippen LogP contribution in [0.5, 0.6) is 0 Å². The van der Waals surface area contributed by atoms with Gasteiger partial charge in [0.05, 0.1) is 0 Å². The summed E-state index contributed by atoms with van der Waals surface area (Å²) in [5.74, 6) is 2.47. The number of para-hydroxylation sites is 1. The summed E-state index contributed by atoms with van der Waals surface area (Å²) in [5.41, 5.74) is 0.827. The van der Waals surface area contributed by atoms with Gasteiger partial charge in [-0.3, -0.25) is 9.69 Å². The van der Waals surface area contributed by atoms with Crippen molar-refractivity contribution < 1.29 is 9.59 Å². The minimum absolute atomic E-state index is 0.0268. The van der Waals surface area contributed by atoms with Gasteiger partial charge in [-0.15, -0.1) is 0 Å². The Balaban J connectivity index is 1.14. The SMILES string of the molecule is O=C(C[C@@H]1C[C@H]2CC[C@H]1C2)NC[C@H]1CN(C(=O)Nc2ccccc2)[C@H]2CCN1C2. The van der Waals surface area contributed by atoms with Gasteiger partial charge < -0.3 is 15.5 Å². The van der Waals surface area contributed by atoms with E-state index < -0.39 is 0 Å². The second-order valence-electron chi connectivity index (χ2n) is 9.48. The Morgan fingerprint density at radius 1 is 1.03 bits per heavy atom. The first-order chi connectivity index (χ1) is 14.2. The average Bonchev–Trinajstić information content (AvgIpc) is 3.45. The molecular weight excluding hydrogens is 364 g/mol. The third-order valence-corrected chi connectivity index (χ3v) is 7.71. The van der Waals surface area contributed by atoms with Crippen LogP contribution < -0.4 is 10.6 Å². The topological polar surface area (TPSA) is 64.7 Å². The number of hydrogen-bond acceptors (Lipinski definition) is 3. The maximum absolute atomic E-state index is 12.9. The fourth-order valence-corrected chi connectivity index (χ4v) is 6.17. The first kappa shape index (κ1) is 18.9. The van der Waals surface area contributed by atoms with Crippen molar-refractivity contribution in [2.75, 3.05) is 31.5 Å². The van der Waals surface area contributed by atoms with Crippen molar-refractivity contribution in [1.29, 1.82) is 0 Å². The van der Waals surface area contributed by atoms with Gasteiger partial charge in [0.2, 0.25) is 5.91 Å². The number of nitrogens with zero attached hydrogens (tertiary/aromatic N) is 2. The standard InChI is InChI=1S/C23H32N4O2/c28-22(12-18-11-16-6-7-17(18)10-16)24-13-21-15-27(20-8-9-26(21)14-20)23(29)25-19-4-2-1-3-5-19/h1-5,16-18,20-21H,6-15H2,(H,24,28)(H,25,29)/t16-,17-,18-,20-,21-/m0/s1. The van der Waals surface area contributed by atoms with Gasteiger partial charge >= 0.3 is 6.03 Å². The summed E-state index contributed by atoms with van der Waals surface area (Å²) in [6, 6.07) is 10.1. The highest BCUT2D eigenvalue weighted by Crippen LogP contribution is 2.49. The molecule has 2 saturated carbocycles. The zero-order valence-electron chi connectivity index (χ0n) is 17.1. The van der Waals surface area contributed by atoms with Crippen LogP contribution in [-0.4, -0.2) is 60.0 Å². The van der Waals surface area contributed by atoms with Crippen LogP contribution in [0.15, 0.2) is 30.3 Å². The second-order valence-corrected chi connectivity index (χ2v) is 9.48. The molecule has 4 fully saturated rings. The molecule has 156 valence electrons. The lowest BCUT2D eigenvalue weighted by molar-refractivity contribution is -0.122. The van der Waals surface area contributed by atoms with Crippen LogP contribution in [0, 0.1) is 17.8 Å². The molecular formula is C23H32N4O2. The normalized spacial score (nSPS) is 35.0. The molecule has 6 nitrogen and oxygen atoms in total. The summed E-state index contributed by atoms with van der Waals surface area (Å²) >= 11 is 0. The van der Waals surface area contributed by atoms with Crippen LogP contribution >= 0.6 is 0 Å². The Hall–Kier alpha value is -2.08. The summed E-state index contributed by atoms with van der Waals surface area (Å²) in [6.07, 6.45) is 7.00. The largest absolute Gasteiger partial charge is 0.354 e. The molecule has 1 unspecified atom stereocenters. The molecule has 0 spiro atoms. The number of benzene rings is 1. The Morgan fingerprint density at radius 3 is 2.66 bits per heavy atom. The molecule has 3 amide bonds. The van der Waals surface area contributed by atoms with Crippen LogP contribution in [-0.2, 0) is 4.79 Å². The number of anilines is 1. The summed E-state index contributed by atoms with van der Waals surface area (Å²) in [5, 5.41) is 6.22. The van der Waals surface area contributed by atoms with E-state index in [9.17, 15) is 9.59 Å². The van der Waals surface area contributed by atoms with E-state index >= 15 is 0 Å². The van der Waals surface area contributed by atoms with Crippen molar-refractivity contribution in [2.45, 2.75) is 50.6 Å². The molecule has 2 heterocycles. The van der Waals surface area contributed by atoms with E-state index in [2.05, 4.69) is 15.5 Å². The minimum atomic E-state index is -0.0268. The van der Waals surface area contributed by atoms with Crippen molar-refractivity contribution in [3.8, 4) is 0 Å². The number of rotatable bonds is 5. The molecule has 1 aromatic carbocycles. The first-order valence-electron chi connectivity index (χ1n) is 11.3. The molecule has 1 aromatic rings. The van der Waals surface area contributed by atoms with Gasteiger partial charge in [-0.25, -0.2) is 4.79 Å². The predicted molar refractivity (Wildman–Crippen MR) is 112 cm³/mol. The number of piperazine rings is 1. The smallest absolute Gasteiger partial charge is 0.322 e. The molecule has 6 atom stereocenters. The lowest BCUT2D eigenvalue weighted by atomic mass is 9.86. The molecule has 2 N–H and O–H groups in total. The van der Waals surface area contributed by atoms with Gasteiger partial charge in [-0.1, -0.05) is 24.6 Å². The third-order valence-electron chi connectivity index (χ3n) is 7.71. The molecule has 0 radical (unpaired) electrons. The number of fused-ring (bicyclic) bond motifs is 4. The molecule has 0 aromatic heterocycles. The molecule has 2 aliphatic carbocycles. The van der Waals surface area contributed by atoms with E-state index in [0.29, 0.717) is 25.4 Å². The van der Waals surface area contributed by atoms with Gasteiger partial charge in [0.1, 0.15) is 0 Å². The van der Waals surface area contributed by atoms with Crippen LogP contribution in [0.2, 0.25) is 0 Å². The van der Waals surface area contributed by atoms with Crippen molar-refractivity contribution in [1.82, 2.24) is 15.1 Å². The van der Waals surface area contributed by atoms with E-state index in [1.165, 1.54) is 25.7 Å². The lowest BCUT2D eigenvalue weighted by Gasteiger charge is -2.40. The van der Waals surface area contributed by atoms with Crippen molar-refractivity contribution in [2.24, 2.45) is 17.8 Å². The van der Waals surface area contributed by atoms with E-state index in [0.717, 1.165) is 37.0 Å². The fourth-order valence-electron chi connectivity index (χ4n) is 6.17. The van der Waals surface area contributed by atoms with Crippen LogP contribution in [0.4, 0.5) is 10.5 Å². The van der Waals surface area contributed by atoms with Crippen LogP contribution in [0.25, 0.3) is 0 Å². The first-order valence-corrected chi connectivity index (χ1v) is 11.3. The van der Waals surface area contributed by atoms with Gasteiger partial charge in [0.15, 0.2) is 0 Å². The highest BCUT2D eigenvalue weighted by molar-refractivity contribution is 5.89. The van der Waals surface area contributed by atoms with Crippen LogP contribution in [0.3, 0.4) is 0 Å². The van der Waals surface area contributed by atoms with Crippen molar-refractivity contribution in [3.63, 3.8) is 0 Å². The zero-order valence-corrected chi connectivity index (χ0v) is 17.1. The summed E-state index contributed by atoms with van der Waals surface area (Å²) < 4.78 is 0. The summed E-state index contributed by atoms with van der Waals surface area (Å²) in [4.78, 5) is 29.8. The van der Waals surface area contributed by atoms with Gasteiger partial charge in [-0.2, -0.15) is 0 Å². The molecule has 5 rings (SSSR count). The third kappa shape index (κ3) is 4.00. The summed E-state index contributed by atoms with van der Waals surface area (Å²) in [7, 11) is 0. The maximum atomic E-state index is 12.9. The van der Waals surface area contributed by atoms with Crippen molar-refractivity contribution in [3.05, 3.63) is 30.3 Å². The van der Waals surface area contributed by atoms with E-state index in [1.807, 2.05) is 35.2 Å². The van der Waals surface area contributed by atoms with E-state index in [-0.39, 0.29) is 24.0 Å². The van der Waals surface area contributed by atoms with E-state index in [1.54, 1.807) is 0 Å². The molecule has 2 saturated heterocycles. The Labute approximate surface area is 173 Å². The van der Waals surface area contributed by atoms with Gasteiger partial charge in [0.25, 0.3) is 0 Å². The zero-order chi connectivity index (χ0) is 19.8. The molecule has 2 aliphatic heterocycles. The lowest BCUT2D eigenvalue weighted by Crippen LogP contribution is -2.58. The van der Waals surface area contributed by atoms with Gasteiger partial charge in [-0.05, 0) is 55.6 Å². The van der Waals surface area contributed by atoms with Crippen molar-refractivity contribution >= 4 is 17.6 Å². The number of carbonyl (C=O) groups excluding carboxylic acids is 2. The van der Waals surface area contributed by atoms with Crippen LogP contribution in [0.1, 0.15) is 38.5 Å². The molecule has 29 heavy (non-hydrogen) atoms. The number of nitrogens with one attached hydrogen (secondary N) is 2. The number of hydrogen-bond donors (Lipinski definition) is 2. The number of urea groups is 1. The predicted octanol–water partition coefficient (Wildman–Crippen LogP) is 2.92. The molecule has 6 heteroatoms. The Morgan fingerprint density at radius 2 is 1.90 bits per heavy atom. The Kier molecular flexibility index (Phi) is 5.20. The fraction of sp³-hybridized carbons (Fsp3) is 0.652. The molecule has 4 aliphatic rings. The highest BCUT2D eigenvalue weighted by Gasteiger charge is 2.42. The average molecular weight is 397 g/mol. The number of amides is 3. The second kappa shape index (κ2) is 7.98.